The Bertz CT molecular complexity index is 436. The van der Waals surface area contributed by atoms with Gasteiger partial charge in [-0.3, -0.25) is 4.98 Å². The molecule has 0 aliphatic carbocycles. The number of aromatic nitrogens is 1. The molecular formula is C14H14BrN. The van der Waals surface area contributed by atoms with E-state index in [1.165, 1.54) is 11.1 Å². The van der Waals surface area contributed by atoms with Crippen LogP contribution in [-0.2, 0) is 6.42 Å². The van der Waals surface area contributed by atoms with Crippen LogP contribution in [0.25, 0.3) is 0 Å². The summed E-state index contributed by atoms with van der Waals surface area (Å²) in [6.07, 6.45) is 2.84. The smallest absolute Gasteiger partial charge is 0.0450 e. The van der Waals surface area contributed by atoms with E-state index in [4.69, 9.17) is 0 Å². The lowest BCUT2D eigenvalue weighted by Crippen LogP contribution is -1.97. The lowest BCUT2D eigenvalue weighted by atomic mass is 10.1. The summed E-state index contributed by atoms with van der Waals surface area (Å²) in [5.74, 6) is 0. The SMILES string of the molecule is Cc1ccc(CC(Br)c2ccccc2)nc1. The summed E-state index contributed by atoms with van der Waals surface area (Å²) >= 11 is 3.70. The largest absolute Gasteiger partial charge is 0.261 e. The van der Waals surface area contributed by atoms with Crippen LogP contribution in [0.3, 0.4) is 0 Å². The third-order valence-electron chi connectivity index (χ3n) is 2.52. The molecule has 16 heavy (non-hydrogen) atoms. The Balaban J connectivity index is 2.08. The number of halogens is 1. The Labute approximate surface area is 105 Å². The zero-order valence-corrected chi connectivity index (χ0v) is 10.8. The van der Waals surface area contributed by atoms with E-state index in [-0.39, 0.29) is 0 Å². The van der Waals surface area contributed by atoms with Crippen molar-refractivity contribution >= 4 is 15.9 Å². The molecule has 1 heterocycles. The molecule has 2 aromatic rings. The summed E-state index contributed by atoms with van der Waals surface area (Å²) < 4.78 is 0. The minimum Gasteiger partial charge on any atom is -0.261 e. The molecule has 1 unspecified atom stereocenters. The number of nitrogens with zero attached hydrogens (tertiary/aromatic N) is 1. The fraction of sp³-hybridized carbons (Fsp3) is 0.214. The molecular weight excluding hydrogens is 262 g/mol. The predicted molar refractivity (Wildman–Crippen MR) is 70.8 cm³/mol. The molecule has 0 radical (unpaired) electrons. The van der Waals surface area contributed by atoms with Crippen LogP contribution in [0.1, 0.15) is 21.6 Å². The van der Waals surface area contributed by atoms with Crippen molar-refractivity contribution in [2.75, 3.05) is 0 Å². The van der Waals surface area contributed by atoms with Gasteiger partial charge in [0.15, 0.2) is 0 Å². The van der Waals surface area contributed by atoms with E-state index in [1.807, 2.05) is 12.3 Å². The third kappa shape index (κ3) is 2.92. The molecule has 0 saturated heterocycles. The van der Waals surface area contributed by atoms with Crippen LogP contribution in [-0.4, -0.2) is 4.98 Å². The minimum absolute atomic E-state index is 0.337. The van der Waals surface area contributed by atoms with Crippen LogP contribution in [0.15, 0.2) is 48.7 Å². The van der Waals surface area contributed by atoms with Crippen molar-refractivity contribution in [3.63, 3.8) is 0 Å². The van der Waals surface area contributed by atoms with Crippen LogP contribution in [0.5, 0.6) is 0 Å². The van der Waals surface area contributed by atoms with Gasteiger partial charge >= 0.3 is 0 Å². The molecule has 1 nitrogen and oxygen atoms in total. The monoisotopic (exact) mass is 275 g/mol. The molecule has 0 saturated carbocycles. The van der Waals surface area contributed by atoms with Gasteiger partial charge in [0, 0.05) is 23.1 Å². The van der Waals surface area contributed by atoms with Crippen LogP contribution in [0.2, 0.25) is 0 Å². The van der Waals surface area contributed by atoms with Crippen molar-refractivity contribution in [2.45, 2.75) is 18.2 Å². The Morgan fingerprint density at radius 3 is 2.50 bits per heavy atom. The minimum atomic E-state index is 0.337. The second-order valence-corrected chi connectivity index (χ2v) is 5.01. The van der Waals surface area contributed by atoms with Gasteiger partial charge in [0.05, 0.1) is 0 Å². The standard InChI is InChI=1S/C14H14BrN/c1-11-7-8-13(16-10-11)9-14(15)12-5-3-2-4-6-12/h2-8,10,14H,9H2,1H3. The van der Waals surface area contributed by atoms with Crippen LogP contribution >= 0.6 is 15.9 Å². The zero-order chi connectivity index (χ0) is 11.4. The van der Waals surface area contributed by atoms with Crippen molar-refractivity contribution in [3.8, 4) is 0 Å². The normalized spacial score (nSPS) is 12.4. The molecule has 0 amide bonds. The highest BCUT2D eigenvalue weighted by molar-refractivity contribution is 9.09. The first-order valence-electron chi connectivity index (χ1n) is 5.36. The fourth-order valence-electron chi connectivity index (χ4n) is 1.58. The van der Waals surface area contributed by atoms with E-state index >= 15 is 0 Å². The lowest BCUT2D eigenvalue weighted by Gasteiger charge is -2.09. The summed E-state index contributed by atoms with van der Waals surface area (Å²) in [7, 11) is 0. The number of benzene rings is 1. The summed E-state index contributed by atoms with van der Waals surface area (Å²) in [6.45, 7) is 2.06. The van der Waals surface area contributed by atoms with Gasteiger partial charge in [-0.1, -0.05) is 52.3 Å². The molecule has 0 spiro atoms. The lowest BCUT2D eigenvalue weighted by molar-refractivity contribution is 0.902. The van der Waals surface area contributed by atoms with Gasteiger partial charge in [-0.25, -0.2) is 0 Å². The first-order chi connectivity index (χ1) is 7.75. The van der Waals surface area contributed by atoms with E-state index in [1.54, 1.807) is 0 Å². The molecule has 0 N–H and O–H groups in total. The highest BCUT2D eigenvalue weighted by atomic mass is 79.9. The number of hydrogen-bond acceptors (Lipinski definition) is 1. The maximum absolute atomic E-state index is 4.41. The second kappa shape index (κ2) is 5.26. The zero-order valence-electron chi connectivity index (χ0n) is 9.23. The third-order valence-corrected chi connectivity index (χ3v) is 3.37. The fourth-order valence-corrected chi connectivity index (χ4v) is 2.22. The van der Waals surface area contributed by atoms with Crippen LogP contribution in [0.4, 0.5) is 0 Å². The molecule has 0 bridgehead atoms. The number of alkyl halides is 1. The van der Waals surface area contributed by atoms with E-state index in [2.05, 4.69) is 64.2 Å². The van der Waals surface area contributed by atoms with Crippen molar-refractivity contribution in [3.05, 3.63) is 65.5 Å². The molecule has 1 aromatic heterocycles. The average Bonchev–Trinajstić information content (AvgIpc) is 2.33. The molecule has 1 aromatic carbocycles. The van der Waals surface area contributed by atoms with Crippen molar-refractivity contribution in [1.29, 1.82) is 0 Å². The quantitative estimate of drug-likeness (QED) is 0.770. The second-order valence-electron chi connectivity index (χ2n) is 3.91. The first-order valence-corrected chi connectivity index (χ1v) is 6.28. The number of hydrogen-bond donors (Lipinski definition) is 0. The Hall–Kier alpha value is -1.15. The molecule has 2 rings (SSSR count). The molecule has 1 atom stereocenters. The van der Waals surface area contributed by atoms with Gasteiger partial charge < -0.3 is 0 Å². The average molecular weight is 276 g/mol. The number of rotatable bonds is 3. The van der Waals surface area contributed by atoms with Crippen molar-refractivity contribution in [1.82, 2.24) is 4.98 Å². The molecule has 0 aliphatic heterocycles. The summed E-state index contributed by atoms with van der Waals surface area (Å²) in [5.41, 5.74) is 3.62. The number of pyridine rings is 1. The predicted octanol–water partition coefficient (Wildman–Crippen LogP) is 4.07. The first kappa shape index (κ1) is 11.3. The van der Waals surface area contributed by atoms with Gasteiger partial charge in [0.25, 0.3) is 0 Å². The van der Waals surface area contributed by atoms with Gasteiger partial charge in [-0.05, 0) is 24.1 Å². The Morgan fingerprint density at radius 1 is 1.12 bits per heavy atom. The highest BCUT2D eigenvalue weighted by Gasteiger charge is 2.08. The molecule has 0 aliphatic rings. The topological polar surface area (TPSA) is 12.9 Å². The maximum Gasteiger partial charge on any atom is 0.0450 e. The van der Waals surface area contributed by atoms with Crippen molar-refractivity contribution in [2.24, 2.45) is 0 Å². The Kier molecular flexibility index (Phi) is 3.73. The summed E-state index contributed by atoms with van der Waals surface area (Å²) in [5, 5.41) is 0. The van der Waals surface area contributed by atoms with E-state index in [0.29, 0.717) is 4.83 Å². The van der Waals surface area contributed by atoms with Gasteiger partial charge in [0.1, 0.15) is 0 Å². The summed E-state index contributed by atoms with van der Waals surface area (Å²) in [6, 6.07) is 14.6. The van der Waals surface area contributed by atoms with Gasteiger partial charge in [0.2, 0.25) is 0 Å². The highest BCUT2D eigenvalue weighted by Crippen LogP contribution is 2.25. The van der Waals surface area contributed by atoms with Crippen LogP contribution in [0, 0.1) is 6.92 Å². The van der Waals surface area contributed by atoms with Gasteiger partial charge in [-0.15, -0.1) is 0 Å². The van der Waals surface area contributed by atoms with E-state index in [0.717, 1.165) is 12.1 Å². The Morgan fingerprint density at radius 2 is 1.88 bits per heavy atom. The van der Waals surface area contributed by atoms with Crippen LogP contribution < -0.4 is 0 Å². The molecule has 0 fully saturated rings. The molecule has 82 valence electrons. The van der Waals surface area contributed by atoms with Crippen molar-refractivity contribution < 1.29 is 0 Å². The maximum atomic E-state index is 4.41. The van der Waals surface area contributed by atoms with E-state index < -0.39 is 0 Å². The molecule has 2 heteroatoms. The van der Waals surface area contributed by atoms with Gasteiger partial charge in [-0.2, -0.15) is 0 Å². The van der Waals surface area contributed by atoms with E-state index in [9.17, 15) is 0 Å². The summed E-state index contributed by atoms with van der Waals surface area (Å²) in [4.78, 5) is 4.75. The number of aryl methyl sites for hydroxylation is 1.